The molecule has 1 radical (unpaired) electrons. The monoisotopic (exact) mass is 202 g/mol. The summed E-state index contributed by atoms with van der Waals surface area (Å²) in [6.07, 6.45) is 1.69. The molecule has 0 aliphatic rings. The van der Waals surface area contributed by atoms with E-state index in [9.17, 15) is 4.79 Å². The Hall–Kier alpha value is -0.550. The van der Waals surface area contributed by atoms with Gasteiger partial charge >= 0.3 is 5.97 Å². The van der Waals surface area contributed by atoms with E-state index in [1.165, 1.54) is 23.1 Å². The molecule has 1 rings (SSSR count). The average molecular weight is 202 g/mol. The minimum atomic E-state index is -0.184. The summed E-state index contributed by atoms with van der Waals surface area (Å²) >= 11 is 2.83. The van der Waals surface area contributed by atoms with Crippen LogP contribution in [-0.4, -0.2) is 23.3 Å². The lowest BCUT2D eigenvalue weighted by Crippen LogP contribution is -2.05. The van der Waals surface area contributed by atoms with Crippen LogP contribution in [0, 0.1) is 5.51 Å². The van der Waals surface area contributed by atoms with Gasteiger partial charge in [-0.1, -0.05) is 0 Å². The first-order valence-corrected chi connectivity index (χ1v) is 5.23. The summed E-state index contributed by atoms with van der Waals surface area (Å²) in [5.74, 6) is 0.167. The number of hydrogen-bond donors (Lipinski definition) is 0. The molecule has 0 atom stereocenters. The molecule has 0 aliphatic carbocycles. The standard InChI is InChI=1S/C7H8NO2S2/c1-2-10-6(9)4-11-7-3-8-5-12-7/h3H,2,4H2,1H3. The molecule has 0 saturated carbocycles. The Morgan fingerprint density at radius 1 is 1.92 bits per heavy atom. The Labute approximate surface area is 79.1 Å². The van der Waals surface area contributed by atoms with Gasteiger partial charge in [-0.2, -0.15) is 0 Å². The van der Waals surface area contributed by atoms with E-state index in [0.717, 1.165) is 4.21 Å². The molecular formula is C7H8NO2S2. The highest BCUT2D eigenvalue weighted by Gasteiger charge is 2.03. The number of carbonyl (C=O) groups is 1. The Morgan fingerprint density at radius 3 is 3.33 bits per heavy atom. The van der Waals surface area contributed by atoms with E-state index >= 15 is 0 Å². The van der Waals surface area contributed by atoms with Gasteiger partial charge in [0.2, 0.25) is 0 Å². The van der Waals surface area contributed by atoms with Crippen LogP contribution in [0.15, 0.2) is 10.4 Å². The molecule has 0 bridgehead atoms. The van der Waals surface area contributed by atoms with Gasteiger partial charge in [0.05, 0.1) is 22.8 Å². The van der Waals surface area contributed by atoms with Crippen molar-refractivity contribution in [2.75, 3.05) is 12.4 Å². The zero-order valence-corrected chi connectivity index (χ0v) is 8.20. The third kappa shape index (κ3) is 3.23. The van der Waals surface area contributed by atoms with Crippen LogP contribution in [0.4, 0.5) is 0 Å². The Kier molecular flexibility index (Phi) is 4.10. The van der Waals surface area contributed by atoms with Gasteiger partial charge in [0.1, 0.15) is 0 Å². The Bertz CT molecular complexity index is 236. The second-order valence-electron chi connectivity index (χ2n) is 1.86. The van der Waals surface area contributed by atoms with Crippen LogP contribution in [0.1, 0.15) is 6.92 Å². The normalized spacial score (nSPS) is 9.75. The van der Waals surface area contributed by atoms with E-state index in [-0.39, 0.29) is 5.97 Å². The summed E-state index contributed by atoms with van der Waals surface area (Å²) in [6.45, 7) is 2.23. The lowest BCUT2D eigenvalue weighted by atomic mass is 10.8. The minimum Gasteiger partial charge on any atom is -0.465 e. The van der Waals surface area contributed by atoms with Crippen molar-refractivity contribution >= 4 is 29.1 Å². The number of esters is 1. The third-order valence-electron chi connectivity index (χ3n) is 1.01. The Balaban J connectivity index is 2.22. The third-order valence-corrected chi connectivity index (χ3v) is 2.88. The molecule has 3 nitrogen and oxygen atoms in total. The van der Waals surface area contributed by atoms with Gasteiger partial charge in [-0.05, 0) is 6.92 Å². The van der Waals surface area contributed by atoms with Gasteiger partial charge in [0, 0.05) is 0 Å². The number of hydrogen-bond acceptors (Lipinski definition) is 5. The zero-order chi connectivity index (χ0) is 8.81. The summed E-state index contributed by atoms with van der Waals surface area (Å²) in [4.78, 5) is 14.6. The zero-order valence-electron chi connectivity index (χ0n) is 6.57. The van der Waals surface area contributed by atoms with Crippen molar-refractivity contribution in [2.24, 2.45) is 0 Å². The maximum Gasteiger partial charge on any atom is 0.316 e. The molecule has 0 aromatic carbocycles. The van der Waals surface area contributed by atoms with E-state index in [4.69, 9.17) is 4.74 Å². The van der Waals surface area contributed by atoms with Crippen molar-refractivity contribution in [1.82, 2.24) is 4.98 Å². The molecule has 0 amide bonds. The number of ether oxygens (including phenoxy) is 1. The summed E-state index contributed by atoms with van der Waals surface area (Å²) in [5, 5.41) is 0. The largest absolute Gasteiger partial charge is 0.465 e. The molecule has 1 heterocycles. The van der Waals surface area contributed by atoms with Crippen LogP contribution < -0.4 is 0 Å². The van der Waals surface area contributed by atoms with E-state index in [2.05, 4.69) is 10.5 Å². The number of carbonyl (C=O) groups excluding carboxylic acids is 1. The Morgan fingerprint density at radius 2 is 2.75 bits per heavy atom. The van der Waals surface area contributed by atoms with E-state index in [0.29, 0.717) is 12.4 Å². The quantitative estimate of drug-likeness (QED) is 0.549. The van der Waals surface area contributed by atoms with Gasteiger partial charge in [0.25, 0.3) is 0 Å². The minimum absolute atomic E-state index is 0.184. The SMILES string of the molecule is CCOC(=O)CSc1cn[c]s1. The second-order valence-corrected chi connectivity index (χ2v) is 3.97. The molecule has 0 unspecified atom stereocenters. The van der Waals surface area contributed by atoms with Crippen LogP contribution in [-0.2, 0) is 9.53 Å². The van der Waals surface area contributed by atoms with Crippen LogP contribution in [0.5, 0.6) is 0 Å². The van der Waals surface area contributed by atoms with Crippen molar-refractivity contribution in [1.29, 1.82) is 0 Å². The van der Waals surface area contributed by atoms with Gasteiger partial charge in [-0.15, -0.1) is 23.1 Å². The number of aromatic nitrogens is 1. The molecule has 0 fully saturated rings. The topological polar surface area (TPSA) is 39.2 Å². The summed E-state index contributed by atoms with van der Waals surface area (Å²) in [6, 6.07) is 0. The number of thiazole rings is 1. The first kappa shape index (κ1) is 9.54. The van der Waals surface area contributed by atoms with Crippen molar-refractivity contribution in [3.63, 3.8) is 0 Å². The highest BCUT2D eigenvalue weighted by atomic mass is 32.2. The fourth-order valence-electron chi connectivity index (χ4n) is 0.576. The highest BCUT2D eigenvalue weighted by Crippen LogP contribution is 2.20. The molecule has 1 aromatic heterocycles. The lowest BCUT2D eigenvalue weighted by Gasteiger charge is -1.98. The molecule has 0 saturated heterocycles. The number of rotatable bonds is 4. The summed E-state index contributed by atoms with van der Waals surface area (Å²) in [7, 11) is 0. The predicted molar refractivity (Wildman–Crippen MR) is 48.3 cm³/mol. The van der Waals surface area contributed by atoms with Crippen molar-refractivity contribution in [2.45, 2.75) is 11.1 Å². The van der Waals surface area contributed by atoms with Gasteiger partial charge < -0.3 is 4.74 Å². The molecule has 0 N–H and O–H groups in total. The smallest absolute Gasteiger partial charge is 0.316 e. The van der Waals surface area contributed by atoms with Crippen LogP contribution in [0.3, 0.4) is 0 Å². The molecule has 0 aliphatic heterocycles. The van der Waals surface area contributed by atoms with Crippen LogP contribution in [0.2, 0.25) is 0 Å². The van der Waals surface area contributed by atoms with Gasteiger partial charge in [-0.25, -0.2) is 4.98 Å². The van der Waals surface area contributed by atoms with Crippen molar-refractivity contribution < 1.29 is 9.53 Å². The molecule has 0 spiro atoms. The lowest BCUT2D eigenvalue weighted by molar-refractivity contribution is -0.139. The molecule has 5 heteroatoms. The summed E-state index contributed by atoms with van der Waals surface area (Å²) in [5.41, 5.74) is 2.70. The molecular weight excluding hydrogens is 194 g/mol. The highest BCUT2D eigenvalue weighted by molar-refractivity contribution is 8.01. The fourth-order valence-corrected chi connectivity index (χ4v) is 1.87. The first-order valence-electron chi connectivity index (χ1n) is 3.43. The molecule has 1 aromatic rings. The van der Waals surface area contributed by atoms with Crippen LogP contribution >= 0.6 is 23.1 Å². The van der Waals surface area contributed by atoms with E-state index in [1.807, 2.05) is 0 Å². The van der Waals surface area contributed by atoms with Gasteiger partial charge in [0.15, 0.2) is 5.51 Å². The van der Waals surface area contributed by atoms with Crippen molar-refractivity contribution in [3.05, 3.63) is 11.7 Å². The second kappa shape index (κ2) is 5.16. The average Bonchev–Trinajstić information content (AvgIpc) is 2.53. The summed E-state index contributed by atoms with van der Waals surface area (Å²) < 4.78 is 5.74. The number of nitrogens with zero attached hydrogens (tertiary/aromatic N) is 1. The predicted octanol–water partition coefficient (Wildman–Crippen LogP) is 1.60. The maximum absolute atomic E-state index is 10.9. The molecule has 65 valence electrons. The molecule has 12 heavy (non-hydrogen) atoms. The van der Waals surface area contributed by atoms with E-state index < -0.39 is 0 Å². The van der Waals surface area contributed by atoms with Crippen LogP contribution in [0.25, 0.3) is 0 Å². The van der Waals surface area contributed by atoms with Gasteiger partial charge in [-0.3, -0.25) is 4.79 Å². The van der Waals surface area contributed by atoms with Crippen molar-refractivity contribution in [3.8, 4) is 0 Å². The fraction of sp³-hybridized carbons (Fsp3) is 0.429. The van der Waals surface area contributed by atoms with E-state index in [1.54, 1.807) is 13.1 Å². The maximum atomic E-state index is 10.9. The number of thioether (sulfide) groups is 1. The first-order chi connectivity index (χ1) is 5.83.